The van der Waals surface area contributed by atoms with E-state index in [9.17, 15) is 4.21 Å². The molecular weight excluding hydrogens is 175 g/mol. The second-order valence-electron chi connectivity index (χ2n) is 2.04. The van der Waals surface area contributed by atoms with E-state index in [0.29, 0.717) is 0 Å². The molecule has 1 N–H and O–H groups in total. The van der Waals surface area contributed by atoms with E-state index < -0.39 is 11.1 Å². The molecule has 0 aliphatic rings. The van der Waals surface area contributed by atoms with Crippen LogP contribution in [-0.4, -0.2) is 18.5 Å². The van der Waals surface area contributed by atoms with Crippen molar-refractivity contribution < 1.29 is 39.7 Å². The van der Waals surface area contributed by atoms with Crippen molar-refractivity contribution in [2.45, 2.75) is 11.9 Å². The Bertz CT molecular complexity index is 278. The van der Waals surface area contributed by atoms with E-state index in [4.69, 9.17) is 4.55 Å². The molecule has 0 aromatic carbocycles. The van der Waals surface area contributed by atoms with Gasteiger partial charge in [-0.3, -0.25) is 4.68 Å². The van der Waals surface area contributed by atoms with Gasteiger partial charge in [0.05, 0.1) is 0 Å². The maximum atomic E-state index is 10.5. The van der Waals surface area contributed by atoms with Gasteiger partial charge in [-0.1, -0.05) is 0 Å². The van der Waals surface area contributed by atoms with E-state index in [0.717, 1.165) is 5.56 Å². The predicted octanol–water partition coefficient (Wildman–Crippen LogP) is -2.57. The van der Waals surface area contributed by atoms with E-state index in [2.05, 4.69) is 5.10 Å². The van der Waals surface area contributed by atoms with Crippen LogP contribution in [0.4, 0.5) is 0 Å². The summed E-state index contributed by atoms with van der Waals surface area (Å²) < 4.78 is 20.6. The molecule has 1 heterocycles. The first kappa shape index (κ1) is 11.3. The molecule has 0 bridgehead atoms. The largest absolute Gasteiger partial charge is 1.00 e. The summed E-state index contributed by atoms with van der Waals surface area (Å²) in [6.07, 6.45) is 1.70. The van der Waals surface area contributed by atoms with E-state index in [-0.39, 0.29) is 36.0 Å². The Morgan fingerprint density at radius 3 is 2.55 bits per heavy atom. The molecule has 0 aliphatic carbocycles. The van der Waals surface area contributed by atoms with Crippen LogP contribution in [0.25, 0.3) is 0 Å². The van der Waals surface area contributed by atoms with Crippen molar-refractivity contribution in [3.8, 4) is 0 Å². The fourth-order valence-electron chi connectivity index (χ4n) is 0.759. The van der Waals surface area contributed by atoms with Gasteiger partial charge in [-0.25, -0.2) is 4.21 Å². The predicted molar refractivity (Wildman–Crippen MR) is 38.1 cm³/mol. The van der Waals surface area contributed by atoms with Crippen LogP contribution in [-0.2, 0) is 18.1 Å². The van der Waals surface area contributed by atoms with Gasteiger partial charge < -0.3 is 5.98 Å². The quantitative estimate of drug-likeness (QED) is 0.385. The van der Waals surface area contributed by atoms with Crippen molar-refractivity contribution in [1.29, 1.82) is 0 Å². The van der Waals surface area contributed by atoms with Crippen molar-refractivity contribution in [2.75, 3.05) is 0 Å². The van der Waals surface area contributed by atoms with Gasteiger partial charge in [0.2, 0.25) is 11.1 Å². The number of aromatic nitrogens is 2. The summed E-state index contributed by atoms with van der Waals surface area (Å²) in [5.41, 5.74) is 0.739. The zero-order valence-electron chi connectivity index (χ0n) is 7.74. The van der Waals surface area contributed by atoms with Crippen molar-refractivity contribution >= 4 is 11.1 Å². The molecule has 0 radical (unpaired) electrons. The van der Waals surface area contributed by atoms with Gasteiger partial charge >= 0.3 is 29.6 Å². The molecule has 0 amide bonds. The molecule has 0 saturated carbocycles. The van der Waals surface area contributed by atoms with Gasteiger partial charge in [0.25, 0.3) is 0 Å². The van der Waals surface area contributed by atoms with Gasteiger partial charge in [-0.05, 0) is 6.92 Å². The fourth-order valence-corrected chi connectivity index (χ4v) is 1.29. The summed E-state index contributed by atoms with van der Waals surface area (Å²) in [5, 5.41) is 4.01. The third kappa shape index (κ3) is 2.68. The molecular formula is C5H9N2NaO2S. The Balaban J connectivity index is 0. The van der Waals surface area contributed by atoms with Crippen LogP contribution in [0.2, 0.25) is 0 Å². The zero-order valence-corrected chi connectivity index (χ0v) is 9.55. The monoisotopic (exact) mass is 184 g/mol. The normalized spacial score (nSPS) is 12.3. The summed E-state index contributed by atoms with van der Waals surface area (Å²) in [5.74, 6) is 0. The fraction of sp³-hybridized carbons (Fsp3) is 0.400. The van der Waals surface area contributed by atoms with Crippen molar-refractivity contribution in [3.63, 3.8) is 0 Å². The van der Waals surface area contributed by atoms with Crippen LogP contribution >= 0.6 is 0 Å². The summed E-state index contributed by atoms with van der Waals surface area (Å²) in [6.45, 7) is 1.75. The molecule has 1 atom stereocenters. The molecule has 1 aromatic heterocycles. The SMILES string of the molecule is Cc1cn(C)nc1S(=O)O.[H-].[Na+]. The molecule has 0 aliphatic heterocycles. The van der Waals surface area contributed by atoms with Crippen LogP contribution in [0, 0.1) is 6.92 Å². The van der Waals surface area contributed by atoms with E-state index in [1.807, 2.05) is 0 Å². The van der Waals surface area contributed by atoms with Crippen LogP contribution in [0.3, 0.4) is 0 Å². The van der Waals surface area contributed by atoms with Crippen molar-refractivity contribution in [3.05, 3.63) is 11.8 Å². The Hall–Kier alpha value is 0.320. The molecule has 0 fully saturated rings. The first-order chi connectivity index (χ1) is 4.61. The maximum absolute atomic E-state index is 10.5. The topological polar surface area (TPSA) is 55.1 Å². The average molecular weight is 184 g/mol. The zero-order chi connectivity index (χ0) is 7.72. The minimum absolute atomic E-state index is 0. The van der Waals surface area contributed by atoms with Crippen LogP contribution in [0.1, 0.15) is 6.99 Å². The summed E-state index contributed by atoms with van der Waals surface area (Å²) in [6, 6.07) is 0. The molecule has 6 heteroatoms. The minimum atomic E-state index is -1.95. The molecule has 0 saturated heterocycles. The molecule has 1 unspecified atom stereocenters. The van der Waals surface area contributed by atoms with E-state index in [1.165, 1.54) is 4.68 Å². The van der Waals surface area contributed by atoms with Gasteiger partial charge in [0, 0.05) is 18.8 Å². The second kappa shape index (κ2) is 4.37. The van der Waals surface area contributed by atoms with Gasteiger partial charge in [0.15, 0.2) is 5.03 Å². The van der Waals surface area contributed by atoms with Crippen molar-refractivity contribution in [1.82, 2.24) is 9.78 Å². The molecule has 1 aromatic rings. The summed E-state index contributed by atoms with van der Waals surface area (Å²) in [7, 11) is 1.71. The Kier molecular flexibility index (Phi) is 4.50. The van der Waals surface area contributed by atoms with E-state index >= 15 is 0 Å². The molecule has 58 valence electrons. The van der Waals surface area contributed by atoms with Crippen LogP contribution in [0.5, 0.6) is 0 Å². The number of hydrogen-bond donors (Lipinski definition) is 1. The Morgan fingerprint density at radius 2 is 2.36 bits per heavy atom. The molecule has 0 spiro atoms. The Morgan fingerprint density at radius 1 is 1.82 bits per heavy atom. The van der Waals surface area contributed by atoms with Crippen LogP contribution in [0.15, 0.2) is 11.2 Å². The summed E-state index contributed by atoms with van der Waals surface area (Å²) >= 11 is -1.95. The summed E-state index contributed by atoms with van der Waals surface area (Å²) in [4.78, 5) is 0. The molecule has 11 heavy (non-hydrogen) atoms. The van der Waals surface area contributed by atoms with E-state index in [1.54, 1.807) is 20.2 Å². The smallest absolute Gasteiger partial charge is 1.00 e. The van der Waals surface area contributed by atoms with Gasteiger partial charge in [-0.2, -0.15) is 5.10 Å². The van der Waals surface area contributed by atoms with Crippen molar-refractivity contribution in [2.24, 2.45) is 7.05 Å². The number of rotatable bonds is 1. The standard InChI is InChI=1S/C5H8N2O2S.Na.H/c1-4-3-7(2)6-5(4)10(8)9;;/h3H,1-2H3,(H,8,9);;/q;+1;-1. The van der Waals surface area contributed by atoms with Gasteiger partial charge in [-0.15, -0.1) is 0 Å². The third-order valence-corrected chi connectivity index (χ3v) is 1.87. The van der Waals surface area contributed by atoms with Crippen LogP contribution < -0.4 is 29.6 Å². The number of hydrogen-bond acceptors (Lipinski definition) is 2. The first-order valence-electron chi connectivity index (χ1n) is 2.72. The van der Waals surface area contributed by atoms with Gasteiger partial charge in [0.1, 0.15) is 0 Å². The first-order valence-corrected chi connectivity index (χ1v) is 3.83. The average Bonchev–Trinajstić information content (AvgIpc) is 2.10. The second-order valence-corrected chi connectivity index (χ2v) is 2.93. The molecule has 1 rings (SSSR count). The maximum Gasteiger partial charge on any atom is 1.00 e. The third-order valence-electron chi connectivity index (χ3n) is 1.13. The number of aryl methyl sites for hydroxylation is 2. The number of nitrogens with zero attached hydrogens (tertiary/aromatic N) is 2. The minimum Gasteiger partial charge on any atom is -1.00 e. The molecule has 4 nitrogen and oxygen atoms in total. The Labute approximate surface area is 91.0 Å².